The van der Waals surface area contributed by atoms with Gasteiger partial charge in [0.25, 0.3) is 0 Å². The summed E-state index contributed by atoms with van der Waals surface area (Å²) in [6.07, 6.45) is -0.319. The predicted octanol–water partition coefficient (Wildman–Crippen LogP) is 0.550. The fraction of sp³-hybridized carbons (Fsp3) is 0.889. The Morgan fingerprint density at radius 2 is 1.93 bits per heavy atom. The molecule has 0 aliphatic heterocycles. The van der Waals surface area contributed by atoms with Crippen molar-refractivity contribution in [1.29, 1.82) is 0 Å². The van der Waals surface area contributed by atoms with E-state index >= 15 is 0 Å². The summed E-state index contributed by atoms with van der Waals surface area (Å²) in [6, 6.07) is 0. The van der Waals surface area contributed by atoms with Crippen LogP contribution in [0.1, 0.15) is 27.2 Å². The average Bonchev–Trinajstić information content (AvgIpc) is 2.11. The third-order valence-electron chi connectivity index (χ3n) is 1.62. The molecular formula is C9H18O5S. The van der Waals surface area contributed by atoms with Crippen molar-refractivity contribution in [3.63, 3.8) is 0 Å². The quantitative estimate of drug-likeness (QED) is 0.518. The molecule has 90 valence electrons. The maximum atomic E-state index is 11.3. The summed E-state index contributed by atoms with van der Waals surface area (Å²) in [5.74, 6) is -0.696. The maximum absolute atomic E-state index is 11.3. The van der Waals surface area contributed by atoms with Gasteiger partial charge in [0.1, 0.15) is 5.94 Å². The van der Waals surface area contributed by atoms with Gasteiger partial charge < -0.3 is 9.47 Å². The third-order valence-corrected chi connectivity index (χ3v) is 1.98. The van der Waals surface area contributed by atoms with Gasteiger partial charge in [-0.25, -0.2) is 13.2 Å². The largest absolute Gasteiger partial charge is 0.464 e. The average molecular weight is 238 g/mol. The van der Waals surface area contributed by atoms with Crippen LogP contribution in [0.4, 0.5) is 0 Å². The predicted molar refractivity (Wildman–Crippen MR) is 56.1 cm³/mol. The number of rotatable bonds is 7. The molecule has 6 heteroatoms. The fourth-order valence-corrected chi connectivity index (χ4v) is 1.35. The lowest BCUT2D eigenvalue weighted by Gasteiger charge is -2.16. The van der Waals surface area contributed by atoms with E-state index in [4.69, 9.17) is 9.47 Å². The van der Waals surface area contributed by atoms with E-state index in [0.717, 1.165) is 0 Å². The van der Waals surface area contributed by atoms with Crippen LogP contribution in [-0.4, -0.2) is 33.0 Å². The standard InChI is InChI=1S/C9H18O5S/c1-4-13-9(10)8(5-7(2)3)14-6-15(11)12/h7-8,15H,4-6H2,1-3H3. The lowest BCUT2D eigenvalue weighted by atomic mass is 10.1. The van der Waals surface area contributed by atoms with Crippen molar-refractivity contribution in [3.8, 4) is 0 Å². The highest BCUT2D eigenvalue weighted by Gasteiger charge is 2.21. The van der Waals surface area contributed by atoms with E-state index in [1.807, 2.05) is 13.8 Å². The minimum absolute atomic E-state index is 0.240. The monoisotopic (exact) mass is 238 g/mol. The zero-order valence-corrected chi connectivity index (χ0v) is 10.2. The molecule has 0 amide bonds. The lowest BCUT2D eigenvalue weighted by molar-refractivity contribution is -0.156. The Morgan fingerprint density at radius 3 is 2.33 bits per heavy atom. The Labute approximate surface area is 91.7 Å². The van der Waals surface area contributed by atoms with E-state index in [0.29, 0.717) is 6.42 Å². The molecule has 5 nitrogen and oxygen atoms in total. The number of carbonyl (C=O) groups excluding carboxylic acids is 1. The van der Waals surface area contributed by atoms with Gasteiger partial charge in [-0.05, 0) is 19.3 Å². The van der Waals surface area contributed by atoms with Crippen molar-refractivity contribution in [1.82, 2.24) is 0 Å². The molecule has 0 saturated carbocycles. The Balaban J connectivity index is 4.22. The first-order valence-electron chi connectivity index (χ1n) is 4.87. The van der Waals surface area contributed by atoms with Crippen LogP contribution in [0.5, 0.6) is 0 Å². The minimum Gasteiger partial charge on any atom is -0.464 e. The van der Waals surface area contributed by atoms with E-state index in [9.17, 15) is 13.2 Å². The van der Waals surface area contributed by atoms with E-state index in [-0.39, 0.29) is 12.5 Å². The molecule has 0 heterocycles. The van der Waals surface area contributed by atoms with Crippen LogP contribution >= 0.6 is 0 Å². The van der Waals surface area contributed by atoms with E-state index in [2.05, 4.69) is 0 Å². The lowest BCUT2D eigenvalue weighted by Crippen LogP contribution is -2.28. The van der Waals surface area contributed by atoms with Gasteiger partial charge >= 0.3 is 5.97 Å². The van der Waals surface area contributed by atoms with Crippen LogP contribution in [0.3, 0.4) is 0 Å². The van der Waals surface area contributed by atoms with Gasteiger partial charge in [0, 0.05) is 0 Å². The number of hydrogen-bond acceptors (Lipinski definition) is 5. The number of thiol groups is 1. The zero-order chi connectivity index (χ0) is 11.8. The number of esters is 1. The Bertz CT molecular complexity index is 251. The van der Waals surface area contributed by atoms with Gasteiger partial charge in [-0.15, -0.1) is 0 Å². The van der Waals surface area contributed by atoms with E-state index in [1.165, 1.54) is 0 Å². The maximum Gasteiger partial charge on any atom is 0.335 e. The number of ether oxygens (including phenoxy) is 2. The Kier molecular flexibility index (Phi) is 7.33. The Hall–Kier alpha value is -0.620. The van der Waals surface area contributed by atoms with Crippen molar-refractivity contribution in [2.45, 2.75) is 33.3 Å². The highest BCUT2D eigenvalue weighted by atomic mass is 32.2. The fourth-order valence-electron chi connectivity index (χ4n) is 1.05. The van der Waals surface area contributed by atoms with Gasteiger partial charge in [0.15, 0.2) is 16.8 Å². The van der Waals surface area contributed by atoms with Crippen molar-refractivity contribution in [2.24, 2.45) is 5.92 Å². The van der Waals surface area contributed by atoms with Crippen LogP contribution in [0.2, 0.25) is 0 Å². The molecule has 1 atom stereocenters. The van der Waals surface area contributed by atoms with Gasteiger partial charge in [0.05, 0.1) is 6.61 Å². The second kappa shape index (κ2) is 7.64. The molecule has 0 rings (SSSR count). The third kappa shape index (κ3) is 7.33. The van der Waals surface area contributed by atoms with Crippen LogP contribution in [0.15, 0.2) is 0 Å². The molecule has 0 spiro atoms. The molecule has 1 unspecified atom stereocenters. The van der Waals surface area contributed by atoms with Crippen LogP contribution in [0, 0.1) is 5.92 Å². The molecular weight excluding hydrogens is 220 g/mol. The van der Waals surface area contributed by atoms with Crippen molar-refractivity contribution in [2.75, 3.05) is 12.5 Å². The van der Waals surface area contributed by atoms with Crippen LogP contribution < -0.4 is 0 Å². The first-order chi connectivity index (χ1) is 6.97. The molecule has 0 radical (unpaired) electrons. The second-order valence-electron chi connectivity index (χ2n) is 3.50. The normalized spacial score (nSPS) is 13.1. The summed E-state index contributed by atoms with van der Waals surface area (Å²) in [7, 11) is -2.62. The van der Waals surface area contributed by atoms with Crippen LogP contribution in [-0.2, 0) is 25.0 Å². The van der Waals surface area contributed by atoms with Crippen LogP contribution in [0.25, 0.3) is 0 Å². The minimum atomic E-state index is -2.62. The molecule has 0 aromatic carbocycles. The topological polar surface area (TPSA) is 69.7 Å². The highest BCUT2D eigenvalue weighted by molar-refractivity contribution is 7.72. The summed E-state index contributed by atoms with van der Waals surface area (Å²) in [5, 5.41) is 0. The van der Waals surface area contributed by atoms with E-state index in [1.54, 1.807) is 6.92 Å². The highest BCUT2D eigenvalue weighted by Crippen LogP contribution is 2.10. The zero-order valence-electron chi connectivity index (χ0n) is 9.26. The smallest absolute Gasteiger partial charge is 0.335 e. The first kappa shape index (κ1) is 14.4. The van der Waals surface area contributed by atoms with Crippen molar-refractivity contribution >= 4 is 16.7 Å². The second-order valence-corrected chi connectivity index (χ2v) is 4.42. The molecule has 0 aromatic rings. The molecule has 0 fully saturated rings. The summed E-state index contributed by atoms with van der Waals surface area (Å²) >= 11 is 0. The van der Waals surface area contributed by atoms with Gasteiger partial charge in [-0.2, -0.15) is 0 Å². The summed E-state index contributed by atoms with van der Waals surface area (Å²) in [6.45, 7) is 5.80. The summed E-state index contributed by atoms with van der Waals surface area (Å²) in [4.78, 5) is 11.3. The molecule has 15 heavy (non-hydrogen) atoms. The molecule has 0 aromatic heterocycles. The molecule has 0 saturated heterocycles. The Morgan fingerprint density at radius 1 is 1.33 bits per heavy atom. The number of carbonyl (C=O) groups is 1. The SMILES string of the molecule is CCOC(=O)C(CC(C)C)OC[SH](=O)=O. The first-order valence-corrected chi connectivity index (χ1v) is 6.23. The van der Waals surface area contributed by atoms with Gasteiger partial charge in [-0.3, -0.25) is 0 Å². The molecule has 0 N–H and O–H groups in total. The number of hydrogen-bond donors (Lipinski definition) is 1. The summed E-state index contributed by atoms with van der Waals surface area (Å²) < 4.78 is 30.4. The van der Waals surface area contributed by atoms with E-state index < -0.39 is 28.7 Å². The van der Waals surface area contributed by atoms with Crippen molar-refractivity contribution < 1.29 is 22.7 Å². The van der Waals surface area contributed by atoms with Crippen molar-refractivity contribution in [3.05, 3.63) is 0 Å². The molecule has 0 bridgehead atoms. The van der Waals surface area contributed by atoms with Gasteiger partial charge in [-0.1, -0.05) is 13.8 Å². The molecule has 0 aliphatic carbocycles. The van der Waals surface area contributed by atoms with Gasteiger partial charge in [0.2, 0.25) is 0 Å². The summed E-state index contributed by atoms with van der Waals surface area (Å²) in [5.41, 5.74) is 0. The molecule has 0 aliphatic rings.